The van der Waals surface area contributed by atoms with Gasteiger partial charge in [0.1, 0.15) is 11.8 Å². The molecule has 0 atom stereocenters. The number of fused-ring (bicyclic) bond motifs is 2. The zero-order chi connectivity index (χ0) is 30.9. The topological polar surface area (TPSA) is 135 Å². The summed E-state index contributed by atoms with van der Waals surface area (Å²) >= 11 is 0. The average molecular weight is 587 g/mol. The largest absolute Gasteiger partial charge is 0.490 e. The zero-order valence-corrected chi connectivity index (χ0v) is 22.8. The van der Waals surface area contributed by atoms with Crippen LogP contribution in [0.5, 0.6) is 0 Å². The lowest BCUT2D eigenvalue weighted by molar-refractivity contribution is -0.192. The number of aromatic nitrogens is 4. The van der Waals surface area contributed by atoms with Crippen molar-refractivity contribution in [3.05, 3.63) is 112 Å². The Bertz CT molecular complexity index is 2070. The molecule has 3 aromatic heterocycles. The van der Waals surface area contributed by atoms with Gasteiger partial charge in [0.05, 0.1) is 11.4 Å². The molecule has 0 amide bonds. The van der Waals surface area contributed by atoms with Gasteiger partial charge in [0.25, 0.3) is 0 Å². The van der Waals surface area contributed by atoms with E-state index in [9.17, 15) is 23.2 Å². The molecule has 0 aliphatic rings. The van der Waals surface area contributed by atoms with Gasteiger partial charge < -0.3 is 20.0 Å². The highest BCUT2D eigenvalue weighted by Gasteiger charge is 2.38. The Morgan fingerprint density at radius 2 is 1.60 bits per heavy atom. The quantitative estimate of drug-likeness (QED) is 0.252. The molecule has 0 aliphatic heterocycles. The number of carbonyl (C=O) groups is 1. The maximum atomic E-state index is 13.3. The molecule has 3 heterocycles. The Morgan fingerprint density at radius 1 is 0.977 bits per heavy atom. The van der Waals surface area contributed by atoms with Crippen molar-refractivity contribution in [2.75, 3.05) is 0 Å². The molecule has 4 N–H and O–H groups in total. The first-order chi connectivity index (χ1) is 20.5. The highest BCUT2D eigenvalue weighted by molar-refractivity contribution is 5.98. The van der Waals surface area contributed by atoms with Crippen LogP contribution in [0.4, 0.5) is 13.2 Å². The Balaban J connectivity index is 0.000000472. The predicted octanol–water partition coefficient (Wildman–Crippen LogP) is 5.29. The molecule has 6 aromatic rings. The van der Waals surface area contributed by atoms with Gasteiger partial charge in [-0.1, -0.05) is 60.7 Å². The van der Waals surface area contributed by atoms with E-state index >= 15 is 0 Å². The summed E-state index contributed by atoms with van der Waals surface area (Å²) in [6, 6.07) is 26.4. The number of nitrogens with two attached hydrogens (primary N) is 1. The molecule has 3 aromatic carbocycles. The van der Waals surface area contributed by atoms with Gasteiger partial charge in [0.2, 0.25) is 0 Å². The lowest BCUT2D eigenvalue weighted by Gasteiger charge is -2.07. The van der Waals surface area contributed by atoms with Crippen LogP contribution in [0.3, 0.4) is 0 Å². The van der Waals surface area contributed by atoms with Crippen LogP contribution in [0.15, 0.2) is 90.0 Å². The molecule has 0 saturated carbocycles. The number of nitriles is 1. The van der Waals surface area contributed by atoms with E-state index in [1.165, 1.54) is 0 Å². The molecular weight excluding hydrogens is 561 g/mol. The van der Waals surface area contributed by atoms with E-state index in [0.717, 1.165) is 44.2 Å². The summed E-state index contributed by atoms with van der Waals surface area (Å²) in [6.45, 7) is 1.12. The van der Waals surface area contributed by atoms with Crippen LogP contribution in [0.25, 0.3) is 38.8 Å². The van der Waals surface area contributed by atoms with Gasteiger partial charge in [-0.25, -0.2) is 9.59 Å². The first kappa shape index (κ1) is 29.0. The van der Waals surface area contributed by atoms with Crippen LogP contribution in [0.1, 0.15) is 16.8 Å². The van der Waals surface area contributed by atoms with Crippen LogP contribution in [0, 0.1) is 11.3 Å². The number of halogens is 3. The molecule has 218 valence electrons. The van der Waals surface area contributed by atoms with E-state index in [0.29, 0.717) is 18.8 Å². The maximum absolute atomic E-state index is 13.3. The number of hydrogen-bond donors (Lipinski definition) is 3. The van der Waals surface area contributed by atoms with Crippen molar-refractivity contribution in [2.24, 2.45) is 12.8 Å². The normalized spacial score (nSPS) is 11.3. The van der Waals surface area contributed by atoms with Crippen LogP contribution in [-0.2, 0) is 24.9 Å². The highest BCUT2D eigenvalue weighted by Crippen LogP contribution is 2.35. The van der Waals surface area contributed by atoms with E-state index in [1.807, 2.05) is 78.6 Å². The molecule has 0 unspecified atom stereocenters. The number of aryl methyl sites for hydroxylation is 1. The van der Waals surface area contributed by atoms with Crippen LogP contribution >= 0.6 is 0 Å². The molecule has 6 rings (SSSR count). The first-order valence-electron chi connectivity index (χ1n) is 13.0. The molecule has 43 heavy (non-hydrogen) atoms. The van der Waals surface area contributed by atoms with Crippen LogP contribution in [0.2, 0.25) is 0 Å². The second-order valence-electron chi connectivity index (χ2n) is 9.76. The highest BCUT2D eigenvalue weighted by atomic mass is 19.4. The fourth-order valence-corrected chi connectivity index (χ4v) is 5.12. The number of carboxylic acid groups (broad SMARTS) is 1. The van der Waals surface area contributed by atoms with Crippen molar-refractivity contribution in [3.63, 3.8) is 0 Å². The number of nitrogens with zero attached hydrogens (tertiary/aromatic N) is 4. The fraction of sp³-hybridized carbons (Fsp3) is 0.129. The lowest BCUT2D eigenvalue weighted by Crippen LogP contribution is -2.21. The summed E-state index contributed by atoms with van der Waals surface area (Å²) < 4.78 is 37.5. The lowest BCUT2D eigenvalue weighted by atomic mass is 10.1. The van der Waals surface area contributed by atoms with Crippen molar-refractivity contribution >= 4 is 27.8 Å². The van der Waals surface area contributed by atoms with Crippen molar-refractivity contribution in [2.45, 2.75) is 19.3 Å². The minimum atomic E-state index is -5.08. The van der Waals surface area contributed by atoms with Gasteiger partial charge in [-0.15, -0.1) is 0 Å². The van der Waals surface area contributed by atoms with E-state index in [2.05, 4.69) is 33.8 Å². The Kier molecular flexibility index (Phi) is 7.67. The van der Waals surface area contributed by atoms with Crippen molar-refractivity contribution < 1.29 is 23.1 Å². The number of rotatable bonds is 5. The zero-order valence-electron chi connectivity index (χ0n) is 22.8. The summed E-state index contributed by atoms with van der Waals surface area (Å²) in [4.78, 5) is 25.0. The summed E-state index contributed by atoms with van der Waals surface area (Å²) in [6.07, 6.45) is -1.12. The third kappa shape index (κ3) is 5.53. The van der Waals surface area contributed by atoms with Gasteiger partial charge in [0.15, 0.2) is 0 Å². The summed E-state index contributed by atoms with van der Waals surface area (Å²) in [5.41, 5.74) is 12.1. The van der Waals surface area contributed by atoms with Crippen molar-refractivity contribution in [1.29, 1.82) is 5.26 Å². The predicted molar refractivity (Wildman–Crippen MR) is 156 cm³/mol. The number of hydrogen-bond acceptors (Lipinski definition) is 4. The fourth-order valence-electron chi connectivity index (χ4n) is 5.12. The number of nitrogens with one attached hydrogen (secondary N) is 1. The molecular formula is C31H25F3N6O3. The van der Waals surface area contributed by atoms with E-state index in [-0.39, 0.29) is 11.4 Å². The molecule has 0 bridgehead atoms. The van der Waals surface area contributed by atoms with Gasteiger partial charge >= 0.3 is 17.8 Å². The van der Waals surface area contributed by atoms with Gasteiger partial charge in [-0.2, -0.15) is 18.4 Å². The number of H-pyrrole nitrogens is 1. The number of carboxylic acids is 1. The number of imidazole rings is 1. The van der Waals surface area contributed by atoms with Gasteiger partial charge in [0, 0.05) is 59.9 Å². The summed E-state index contributed by atoms with van der Waals surface area (Å²) in [5, 5.41) is 19.0. The molecule has 0 fully saturated rings. The number of aliphatic carboxylic acids is 1. The monoisotopic (exact) mass is 586 g/mol. The molecule has 12 heteroatoms. The van der Waals surface area contributed by atoms with E-state index < -0.39 is 12.1 Å². The molecule has 0 aliphatic carbocycles. The third-order valence-electron chi connectivity index (χ3n) is 6.99. The van der Waals surface area contributed by atoms with Gasteiger partial charge in [-0.05, 0) is 23.3 Å². The third-order valence-corrected chi connectivity index (χ3v) is 6.99. The molecule has 0 saturated heterocycles. The van der Waals surface area contributed by atoms with E-state index in [4.69, 9.17) is 15.6 Å². The summed E-state index contributed by atoms with van der Waals surface area (Å²) in [7, 11) is 1.95. The average Bonchev–Trinajstić information content (AvgIpc) is 3.63. The molecule has 0 spiro atoms. The second kappa shape index (κ2) is 11.4. The smallest absolute Gasteiger partial charge is 0.475 e. The van der Waals surface area contributed by atoms with Crippen molar-refractivity contribution in [1.82, 2.24) is 18.7 Å². The van der Waals surface area contributed by atoms with Gasteiger partial charge in [-0.3, -0.25) is 9.55 Å². The Morgan fingerprint density at radius 3 is 2.26 bits per heavy atom. The SMILES string of the molecule is Cn1cc(-n2c(-c3cn(Cc4cccc(CN)c4)c4ccccc34)c(C#N)[nH]c2=O)c2ccccc21.O=C(O)C(F)(F)F. The first-order valence-corrected chi connectivity index (χ1v) is 13.0. The number of aromatic amines is 1. The molecule has 0 radical (unpaired) electrons. The number of alkyl halides is 3. The van der Waals surface area contributed by atoms with Crippen LogP contribution in [-0.4, -0.2) is 35.9 Å². The molecule has 9 nitrogen and oxygen atoms in total. The summed E-state index contributed by atoms with van der Waals surface area (Å²) in [5.74, 6) is -2.76. The number of para-hydroxylation sites is 2. The minimum absolute atomic E-state index is 0.237. The maximum Gasteiger partial charge on any atom is 0.490 e. The minimum Gasteiger partial charge on any atom is -0.475 e. The van der Waals surface area contributed by atoms with E-state index in [1.54, 1.807) is 4.57 Å². The standard InChI is InChI=1S/C29H24N6O.C2HF3O2/c1-33-18-27(22-10-3-4-11-25(22)33)35-28(24(15-31)32-29(35)36)23-17-34(26-12-5-2-9-21(23)26)16-20-8-6-7-19(13-20)14-30;3-2(4,5)1(6)7/h2-13,17-18H,14,16,30H2,1H3,(H,32,36);(H,6,7). The second-order valence-corrected chi connectivity index (χ2v) is 9.76. The Hall–Kier alpha value is -5.54. The van der Waals surface area contributed by atoms with Crippen molar-refractivity contribution in [3.8, 4) is 23.0 Å². The van der Waals surface area contributed by atoms with Crippen LogP contribution < -0.4 is 11.4 Å². The Labute approximate surface area is 242 Å². The number of benzene rings is 3.